The first-order valence-electron chi connectivity index (χ1n) is 9.74. The fraction of sp³-hybridized carbons (Fsp3) is 0.0769. The van der Waals surface area contributed by atoms with Crippen molar-refractivity contribution in [2.45, 2.75) is 4.57 Å². The van der Waals surface area contributed by atoms with Gasteiger partial charge in [-0.2, -0.15) is 0 Å². The van der Waals surface area contributed by atoms with Crippen molar-refractivity contribution >= 4 is 53.0 Å². The van der Waals surface area contributed by atoms with E-state index >= 15 is 0 Å². The van der Waals surface area contributed by atoms with E-state index in [1.165, 1.54) is 21.2 Å². The van der Waals surface area contributed by atoms with Crippen molar-refractivity contribution in [3.63, 3.8) is 0 Å². The van der Waals surface area contributed by atoms with Crippen LogP contribution in [0.4, 0.5) is 0 Å². The SMILES string of the molecule is BrC(CP(c1ccccc1)c1ccccc1)P(c1ccccc1)c1ccccc1. The summed E-state index contributed by atoms with van der Waals surface area (Å²) in [5, 5.41) is 5.72. The molecule has 0 N–H and O–H groups in total. The van der Waals surface area contributed by atoms with E-state index in [-0.39, 0.29) is 0 Å². The predicted molar refractivity (Wildman–Crippen MR) is 136 cm³/mol. The van der Waals surface area contributed by atoms with Crippen LogP contribution in [0.2, 0.25) is 0 Å². The highest BCUT2D eigenvalue weighted by Crippen LogP contribution is 2.49. The van der Waals surface area contributed by atoms with E-state index in [0.717, 1.165) is 6.16 Å². The maximum Gasteiger partial charge on any atom is 0.0472 e. The summed E-state index contributed by atoms with van der Waals surface area (Å²) < 4.78 is 0.397. The first-order chi connectivity index (χ1) is 14.3. The zero-order valence-corrected chi connectivity index (χ0v) is 19.5. The van der Waals surface area contributed by atoms with Gasteiger partial charge in [0.05, 0.1) is 0 Å². The summed E-state index contributed by atoms with van der Waals surface area (Å²) >= 11 is 4.16. The molecule has 4 aromatic rings. The smallest absolute Gasteiger partial charge is 0.0472 e. The average Bonchev–Trinajstić information content (AvgIpc) is 2.80. The molecule has 4 aromatic carbocycles. The van der Waals surface area contributed by atoms with Gasteiger partial charge in [-0.1, -0.05) is 137 Å². The maximum atomic E-state index is 4.16. The maximum absolute atomic E-state index is 4.16. The quantitative estimate of drug-likeness (QED) is 0.227. The molecule has 0 aliphatic rings. The molecule has 0 aliphatic heterocycles. The number of benzene rings is 4. The van der Waals surface area contributed by atoms with E-state index < -0.39 is 15.8 Å². The van der Waals surface area contributed by atoms with Gasteiger partial charge in [-0.15, -0.1) is 0 Å². The van der Waals surface area contributed by atoms with E-state index in [2.05, 4.69) is 137 Å². The highest BCUT2D eigenvalue weighted by Gasteiger charge is 2.26. The number of alkyl halides is 1. The Morgan fingerprint density at radius 2 is 0.793 bits per heavy atom. The van der Waals surface area contributed by atoms with Crippen molar-refractivity contribution in [1.82, 2.24) is 0 Å². The molecule has 0 saturated heterocycles. The third-order valence-corrected chi connectivity index (χ3v) is 12.2. The van der Waals surface area contributed by atoms with E-state index in [0.29, 0.717) is 4.57 Å². The fourth-order valence-corrected chi connectivity index (χ4v) is 10.9. The van der Waals surface area contributed by atoms with Crippen LogP contribution in [0.15, 0.2) is 121 Å². The van der Waals surface area contributed by atoms with Crippen molar-refractivity contribution in [3.05, 3.63) is 121 Å². The van der Waals surface area contributed by atoms with Crippen LogP contribution >= 0.6 is 31.8 Å². The molecule has 0 amide bonds. The topological polar surface area (TPSA) is 0 Å². The van der Waals surface area contributed by atoms with Gasteiger partial charge >= 0.3 is 0 Å². The number of rotatable bonds is 7. The lowest BCUT2D eigenvalue weighted by Gasteiger charge is -2.28. The van der Waals surface area contributed by atoms with Gasteiger partial charge in [0.15, 0.2) is 0 Å². The molecule has 4 rings (SSSR count). The monoisotopic (exact) mass is 476 g/mol. The minimum Gasteiger partial charge on any atom is -0.0828 e. The molecule has 0 aliphatic carbocycles. The fourth-order valence-electron chi connectivity index (χ4n) is 3.46. The molecule has 144 valence electrons. The molecule has 0 heterocycles. The van der Waals surface area contributed by atoms with Crippen LogP contribution in [0.25, 0.3) is 0 Å². The minimum atomic E-state index is -0.492. The van der Waals surface area contributed by atoms with Crippen molar-refractivity contribution in [1.29, 1.82) is 0 Å². The molecule has 0 radical (unpaired) electrons. The average molecular weight is 477 g/mol. The summed E-state index contributed by atoms with van der Waals surface area (Å²) in [6, 6.07) is 43.9. The molecular weight excluding hydrogens is 454 g/mol. The van der Waals surface area contributed by atoms with Gasteiger partial charge in [0, 0.05) is 4.57 Å². The molecule has 0 fully saturated rings. The van der Waals surface area contributed by atoms with Gasteiger partial charge in [-0.3, -0.25) is 0 Å². The van der Waals surface area contributed by atoms with E-state index in [9.17, 15) is 0 Å². The molecule has 0 aromatic heterocycles. The third kappa shape index (κ3) is 5.23. The Balaban J connectivity index is 1.70. The Labute approximate surface area is 184 Å². The molecule has 1 unspecified atom stereocenters. The van der Waals surface area contributed by atoms with E-state index in [1.54, 1.807) is 0 Å². The lowest BCUT2D eigenvalue weighted by Crippen LogP contribution is -2.24. The molecule has 0 spiro atoms. The summed E-state index contributed by atoms with van der Waals surface area (Å²) in [5.74, 6) is 0. The molecule has 1 atom stereocenters. The molecule has 0 saturated carbocycles. The van der Waals surface area contributed by atoms with Crippen LogP contribution in [0, 0.1) is 0 Å². The number of halogens is 1. The van der Waals surface area contributed by atoms with Crippen LogP contribution in [-0.4, -0.2) is 10.7 Å². The zero-order valence-electron chi connectivity index (χ0n) is 16.1. The van der Waals surface area contributed by atoms with Crippen molar-refractivity contribution in [2.24, 2.45) is 0 Å². The van der Waals surface area contributed by atoms with Crippen LogP contribution in [0.5, 0.6) is 0 Å². The second-order valence-corrected chi connectivity index (χ2v) is 13.2. The summed E-state index contributed by atoms with van der Waals surface area (Å²) in [4.78, 5) is 0. The Morgan fingerprint density at radius 1 is 0.483 bits per heavy atom. The van der Waals surface area contributed by atoms with Gasteiger partial charge in [0.1, 0.15) is 0 Å². The Morgan fingerprint density at radius 3 is 1.14 bits per heavy atom. The van der Waals surface area contributed by atoms with Gasteiger partial charge in [0.25, 0.3) is 0 Å². The largest absolute Gasteiger partial charge is 0.0828 e. The summed E-state index contributed by atoms with van der Waals surface area (Å²) in [6.45, 7) is 0. The normalized spacial score (nSPS) is 12.2. The number of hydrogen-bond acceptors (Lipinski definition) is 0. The van der Waals surface area contributed by atoms with Crippen LogP contribution in [0.3, 0.4) is 0 Å². The van der Waals surface area contributed by atoms with Gasteiger partial charge in [-0.25, -0.2) is 0 Å². The molecular formula is C26H23BrP2. The van der Waals surface area contributed by atoms with Crippen LogP contribution in [0.1, 0.15) is 0 Å². The van der Waals surface area contributed by atoms with Gasteiger partial charge < -0.3 is 0 Å². The van der Waals surface area contributed by atoms with Crippen molar-refractivity contribution < 1.29 is 0 Å². The summed E-state index contributed by atoms with van der Waals surface area (Å²) in [5.41, 5.74) is 0. The second kappa shape index (κ2) is 10.3. The molecule has 29 heavy (non-hydrogen) atoms. The van der Waals surface area contributed by atoms with E-state index in [4.69, 9.17) is 0 Å². The number of hydrogen-bond donors (Lipinski definition) is 0. The second-order valence-electron chi connectivity index (χ2n) is 6.76. The predicted octanol–water partition coefficient (Wildman–Crippen LogP) is 5.97. The Kier molecular flexibility index (Phi) is 7.28. The lowest BCUT2D eigenvalue weighted by atomic mass is 10.4. The summed E-state index contributed by atoms with van der Waals surface area (Å²) in [7, 11) is -0.927. The molecule has 0 bridgehead atoms. The van der Waals surface area contributed by atoms with Gasteiger partial charge in [-0.05, 0) is 43.2 Å². The van der Waals surface area contributed by atoms with E-state index in [1.807, 2.05) is 0 Å². The zero-order chi connectivity index (χ0) is 19.9. The lowest BCUT2D eigenvalue weighted by molar-refractivity contribution is 1.44. The summed E-state index contributed by atoms with van der Waals surface area (Å²) in [6.07, 6.45) is 1.11. The minimum absolute atomic E-state index is 0.397. The van der Waals surface area contributed by atoms with Crippen molar-refractivity contribution in [2.75, 3.05) is 6.16 Å². The highest BCUT2D eigenvalue weighted by atomic mass is 79.9. The van der Waals surface area contributed by atoms with Gasteiger partial charge in [0.2, 0.25) is 0 Å². The molecule has 3 heteroatoms. The van der Waals surface area contributed by atoms with Crippen molar-refractivity contribution in [3.8, 4) is 0 Å². The van der Waals surface area contributed by atoms with Crippen LogP contribution < -0.4 is 21.2 Å². The first-order valence-corrected chi connectivity index (χ1v) is 13.6. The Hall–Kier alpha value is -1.78. The third-order valence-electron chi connectivity index (χ3n) is 4.82. The highest BCUT2D eigenvalue weighted by molar-refractivity contribution is 9.10. The standard InChI is InChI=1S/C26H23BrP2/c27-26(29(24-17-9-3-10-18-24)25-19-11-4-12-20-25)21-28(22-13-5-1-6-14-22)23-15-7-2-8-16-23/h1-20,26H,21H2. The first kappa shape index (κ1) is 20.5. The Bertz CT molecular complexity index is 913. The molecule has 0 nitrogen and oxygen atoms in total. The van der Waals surface area contributed by atoms with Crippen LogP contribution in [-0.2, 0) is 0 Å².